The van der Waals surface area contributed by atoms with E-state index in [-0.39, 0.29) is 10.8 Å². The van der Waals surface area contributed by atoms with Gasteiger partial charge >= 0.3 is 0 Å². The summed E-state index contributed by atoms with van der Waals surface area (Å²) in [5.41, 5.74) is 2.67. The van der Waals surface area contributed by atoms with Crippen LogP contribution in [0.3, 0.4) is 0 Å². The summed E-state index contributed by atoms with van der Waals surface area (Å²) in [5.74, 6) is 0.518. The molecule has 7 nitrogen and oxygen atoms in total. The highest BCUT2D eigenvalue weighted by Crippen LogP contribution is 2.30. The molecule has 1 fully saturated rings. The number of hydrogen-bond acceptors (Lipinski definition) is 5. The minimum absolute atomic E-state index is 0.191. The van der Waals surface area contributed by atoms with Crippen LogP contribution in [0, 0.1) is 6.92 Å². The highest BCUT2D eigenvalue weighted by atomic mass is 32.2. The number of aromatic amines is 1. The summed E-state index contributed by atoms with van der Waals surface area (Å²) in [5, 5.41) is 4.09. The maximum Gasteiger partial charge on any atom is 0.251 e. The molecule has 2 aromatic carbocycles. The molecule has 0 bridgehead atoms. The van der Waals surface area contributed by atoms with Gasteiger partial charge in [0.15, 0.2) is 0 Å². The summed E-state index contributed by atoms with van der Waals surface area (Å²) in [6.07, 6.45) is 0. The Morgan fingerprint density at radius 3 is 2.58 bits per heavy atom. The number of benzene rings is 2. The van der Waals surface area contributed by atoms with Crippen molar-refractivity contribution in [2.24, 2.45) is 0 Å². The number of para-hydroxylation sites is 1. The number of H-pyrrole nitrogens is 1. The Hall–Kier alpha value is -2.33. The summed E-state index contributed by atoms with van der Waals surface area (Å²) in [6.45, 7) is 4.05. The molecule has 1 aliphatic rings. The summed E-state index contributed by atoms with van der Waals surface area (Å²) in [6, 6.07) is 14.3. The van der Waals surface area contributed by atoms with Crippen molar-refractivity contribution < 1.29 is 17.9 Å². The summed E-state index contributed by atoms with van der Waals surface area (Å²) in [4.78, 5) is 17.2. The van der Waals surface area contributed by atoms with Gasteiger partial charge in [0.25, 0.3) is 5.91 Å². The first-order valence-corrected chi connectivity index (χ1v) is 12.6. The number of aryl methyl sites for hydroxylation is 1. The maximum absolute atomic E-state index is 12.7. The number of carbonyl (C=O) groups excluding carboxylic acids is 1. The SMILES string of the molecule is Cc1[nH]c2ccccc2c1SCCNC(=O)c1ccc(S(=O)(=O)N2CCOCC2)cc1. The zero-order valence-corrected chi connectivity index (χ0v) is 18.9. The Labute approximate surface area is 186 Å². The molecular formula is C22H25N3O4S2. The van der Waals surface area contributed by atoms with E-state index in [1.165, 1.54) is 26.7 Å². The van der Waals surface area contributed by atoms with Crippen LogP contribution in [-0.2, 0) is 14.8 Å². The van der Waals surface area contributed by atoms with E-state index < -0.39 is 10.0 Å². The number of hydrogen-bond donors (Lipinski definition) is 2. The van der Waals surface area contributed by atoms with Gasteiger partial charge in [-0.2, -0.15) is 4.31 Å². The lowest BCUT2D eigenvalue weighted by Gasteiger charge is -2.26. The van der Waals surface area contributed by atoms with E-state index >= 15 is 0 Å². The molecule has 0 unspecified atom stereocenters. The van der Waals surface area contributed by atoms with Gasteiger partial charge in [-0.15, -0.1) is 11.8 Å². The van der Waals surface area contributed by atoms with Gasteiger partial charge in [-0.05, 0) is 37.3 Å². The number of carbonyl (C=O) groups is 1. The Bertz CT molecular complexity index is 1170. The van der Waals surface area contributed by atoms with Crippen LogP contribution in [-0.4, -0.2) is 62.2 Å². The van der Waals surface area contributed by atoms with Crippen LogP contribution < -0.4 is 5.32 Å². The smallest absolute Gasteiger partial charge is 0.251 e. The van der Waals surface area contributed by atoms with Gasteiger partial charge in [0.2, 0.25) is 10.0 Å². The zero-order chi connectivity index (χ0) is 21.8. The molecule has 4 rings (SSSR count). The van der Waals surface area contributed by atoms with Gasteiger partial charge in [0.05, 0.1) is 18.1 Å². The lowest BCUT2D eigenvalue weighted by atomic mass is 10.2. The van der Waals surface area contributed by atoms with Crippen LogP contribution >= 0.6 is 11.8 Å². The van der Waals surface area contributed by atoms with E-state index in [4.69, 9.17) is 4.74 Å². The number of thioether (sulfide) groups is 1. The van der Waals surface area contributed by atoms with Crippen LogP contribution in [0.1, 0.15) is 16.1 Å². The fourth-order valence-corrected chi connectivity index (χ4v) is 5.99. The predicted octanol–water partition coefficient (Wildman–Crippen LogP) is 3.02. The van der Waals surface area contributed by atoms with E-state index in [0.29, 0.717) is 38.4 Å². The number of amides is 1. The topological polar surface area (TPSA) is 91.5 Å². The number of nitrogens with one attached hydrogen (secondary N) is 2. The number of nitrogens with zero attached hydrogens (tertiary/aromatic N) is 1. The van der Waals surface area contributed by atoms with E-state index in [1.54, 1.807) is 23.9 Å². The molecule has 2 heterocycles. The molecule has 3 aromatic rings. The second-order valence-electron chi connectivity index (χ2n) is 7.27. The molecule has 2 N–H and O–H groups in total. The third-order valence-electron chi connectivity index (χ3n) is 5.19. The van der Waals surface area contributed by atoms with Crippen molar-refractivity contribution in [1.82, 2.24) is 14.6 Å². The number of aromatic nitrogens is 1. The minimum Gasteiger partial charge on any atom is -0.379 e. The van der Waals surface area contributed by atoms with Gasteiger partial charge in [0.1, 0.15) is 0 Å². The maximum atomic E-state index is 12.7. The minimum atomic E-state index is -3.56. The predicted molar refractivity (Wildman–Crippen MR) is 122 cm³/mol. The summed E-state index contributed by atoms with van der Waals surface area (Å²) < 4.78 is 32.0. The monoisotopic (exact) mass is 459 g/mol. The zero-order valence-electron chi connectivity index (χ0n) is 17.3. The molecule has 0 atom stereocenters. The molecule has 31 heavy (non-hydrogen) atoms. The van der Waals surface area contributed by atoms with Crippen LogP contribution in [0.15, 0.2) is 58.3 Å². The van der Waals surface area contributed by atoms with Gasteiger partial charge in [-0.3, -0.25) is 4.79 Å². The Morgan fingerprint density at radius 2 is 1.84 bits per heavy atom. The Balaban J connectivity index is 1.32. The van der Waals surface area contributed by atoms with Crippen molar-refractivity contribution in [3.63, 3.8) is 0 Å². The van der Waals surface area contributed by atoms with Crippen molar-refractivity contribution in [2.75, 3.05) is 38.6 Å². The third-order valence-corrected chi connectivity index (χ3v) is 8.33. The summed E-state index contributed by atoms with van der Waals surface area (Å²) in [7, 11) is -3.56. The molecule has 1 aromatic heterocycles. The third kappa shape index (κ3) is 4.79. The Kier molecular flexibility index (Phi) is 6.66. The van der Waals surface area contributed by atoms with Gasteiger partial charge < -0.3 is 15.0 Å². The number of rotatable bonds is 7. The van der Waals surface area contributed by atoms with E-state index in [9.17, 15) is 13.2 Å². The van der Waals surface area contributed by atoms with Crippen molar-refractivity contribution in [2.45, 2.75) is 16.7 Å². The van der Waals surface area contributed by atoms with E-state index in [1.807, 2.05) is 19.1 Å². The molecule has 9 heteroatoms. The molecular weight excluding hydrogens is 434 g/mol. The first-order valence-electron chi connectivity index (χ1n) is 10.1. The van der Waals surface area contributed by atoms with E-state index in [2.05, 4.69) is 22.4 Å². The number of ether oxygens (including phenoxy) is 1. The molecule has 1 saturated heterocycles. The summed E-state index contributed by atoms with van der Waals surface area (Å²) >= 11 is 1.70. The largest absolute Gasteiger partial charge is 0.379 e. The number of fused-ring (bicyclic) bond motifs is 1. The average Bonchev–Trinajstić information content (AvgIpc) is 3.12. The van der Waals surface area contributed by atoms with Crippen molar-refractivity contribution in [3.05, 3.63) is 59.8 Å². The normalized spacial score (nSPS) is 15.3. The Morgan fingerprint density at radius 1 is 1.13 bits per heavy atom. The number of sulfonamides is 1. The van der Waals surface area contributed by atoms with E-state index in [0.717, 1.165) is 17.0 Å². The highest BCUT2D eigenvalue weighted by Gasteiger charge is 2.26. The number of morpholine rings is 1. The molecule has 0 spiro atoms. The lowest BCUT2D eigenvalue weighted by Crippen LogP contribution is -2.40. The van der Waals surface area contributed by atoms with Crippen molar-refractivity contribution in [1.29, 1.82) is 0 Å². The molecule has 164 valence electrons. The fourth-order valence-electron chi connectivity index (χ4n) is 3.57. The second kappa shape index (κ2) is 9.44. The molecule has 1 amide bonds. The van der Waals surface area contributed by atoms with Crippen LogP contribution in [0.5, 0.6) is 0 Å². The highest BCUT2D eigenvalue weighted by molar-refractivity contribution is 7.99. The van der Waals surface area contributed by atoms with Crippen molar-refractivity contribution >= 4 is 38.6 Å². The molecule has 0 saturated carbocycles. The second-order valence-corrected chi connectivity index (χ2v) is 10.3. The molecule has 1 aliphatic heterocycles. The average molecular weight is 460 g/mol. The quantitative estimate of drug-likeness (QED) is 0.419. The van der Waals surface area contributed by atoms with Crippen LogP contribution in [0.4, 0.5) is 0 Å². The molecule has 0 aliphatic carbocycles. The van der Waals surface area contributed by atoms with Gasteiger partial charge in [-0.1, -0.05) is 18.2 Å². The van der Waals surface area contributed by atoms with Crippen LogP contribution in [0.2, 0.25) is 0 Å². The van der Waals surface area contributed by atoms with Crippen LogP contribution in [0.25, 0.3) is 10.9 Å². The first kappa shape index (κ1) is 21.9. The lowest BCUT2D eigenvalue weighted by molar-refractivity contribution is 0.0730. The standard InChI is InChI=1S/C22H25N3O4S2/c1-16-21(19-4-2-3-5-20(19)24-16)30-15-10-23-22(26)17-6-8-18(9-7-17)31(27,28)25-11-13-29-14-12-25/h2-9,24H,10-15H2,1H3,(H,23,26). The fraction of sp³-hybridized carbons (Fsp3) is 0.318. The van der Waals surface area contributed by atoms with Gasteiger partial charge in [0, 0.05) is 52.4 Å². The van der Waals surface area contributed by atoms with Gasteiger partial charge in [-0.25, -0.2) is 8.42 Å². The van der Waals surface area contributed by atoms with Crippen molar-refractivity contribution in [3.8, 4) is 0 Å². The first-order chi connectivity index (χ1) is 15.0. The molecule has 0 radical (unpaired) electrons.